The average Bonchev–Trinajstić information content (AvgIpc) is 2.48. The van der Waals surface area contributed by atoms with E-state index in [1.165, 1.54) is 16.7 Å². The highest BCUT2D eigenvalue weighted by molar-refractivity contribution is 6.33. The van der Waals surface area contributed by atoms with Gasteiger partial charge in [-0.2, -0.15) is 0 Å². The van der Waals surface area contributed by atoms with E-state index in [4.69, 9.17) is 16.3 Å². The van der Waals surface area contributed by atoms with E-state index in [0.29, 0.717) is 0 Å². The Balaban J connectivity index is 1.75. The number of hydrogen-bond acceptors (Lipinski definition) is 2. The van der Waals surface area contributed by atoms with Crippen LogP contribution in [0.5, 0.6) is 0 Å². The maximum absolute atomic E-state index is 6.21. The van der Waals surface area contributed by atoms with Gasteiger partial charge >= 0.3 is 0 Å². The van der Waals surface area contributed by atoms with Crippen LogP contribution in [-0.4, -0.2) is 13.2 Å². The molecule has 1 unspecified atom stereocenters. The van der Waals surface area contributed by atoms with Crippen molar-refractivity contribution in [3.63, 3.8) is 0 Å². The number of rotatable bonds is 3. The lowest BCUT2D eigenvalue weighted by Gasteiger charge is -2.26. The van der Waals surface area contributed by atoms with E-state index in [9.17, 15) is 0 Å². The standard InChI is InChI=1S/C17H18ClNO/c1-12-6-7-15(18)16(10-12)19-11-17-14-5-3-2-4-13(14)8-9-20-17/h2-7,10,17,19H,8-9,11H2,1H3. The zero-order chi connectivity index (χ0) is 13.9. The van der Waals surface area contributed by atoms with Gasteiger partial charge in [0.15, 0.2) is 0 Å². The smallest absolute Gasteiger partial charge is 0.0999 e. The molecule has 0 aliphatic carbocycles. The molecule has 1 aliphatic heterocycles. The molecule has 1 N–H and O–H groups in total. The molecule has 1 aliphatic rings. The summed E-state index contributed by atoms with van der Waals surface area (Å²) in [4.78, 5) is 0. The Morgan fingerprint density at radius 3 is 3.00 bits per heavy atom. The summed E-state index contributed by atoms with van der Waals surface area (Å²) in [6.45, 7) is 3.58. The molecule has 0 saturated carbocycles. The quantitative estimate of drug-likeness (QED) is 0.905. The lowest BCUT2D eigenvalue weighted by Crippen LogP contribution is -2.22. The van der Waals surface area contributed by atoms with Crippen LogP contribution in [0.25, 0.3) is 0 Å². The number of anilines is 1. The molecule has 3 rings (SSSR count). The van der Waals surface area contributed by atoms with Gasteiger partial charge in [0.1, 0.15) is 0 Å². The van der Waals surface area contributed by atoms with E-state index < -0.39 is 0 Å². The SMILES string of the molecule is Cc1ccc(Cl)c(NCC2OCCc3ccccc32)c1. The summed E-state index contributed by atoms with van der Waals surface area (Å²) >= 11 is 6.21. The minimum absolute atomic E-state index is 0.0940. The first-order valence-corrected chi connectivity index (χ1v) is 7.31. The lowest BCUT2D eigenvalue weighted by molar-refractivity contribution is 0.0513. The van der Waals surface area contributed by atoms with Crippen molar-refractivity contribution in [3.8, 4) is 0 Å². The van der Waals surface area contributed by atoms with Gasteiger partial charge in [0.05, 0.1) is 23.4 Å². The molecule has 2 aromatic rings. The zero-order valence-corrected chi connectivity index (χ0v) is 12.3. The van der Waals surface area contributed by atoms with E-state index in [0.717, 1.165) is 30.3 Å². The minimum Gasteiger partial charge on any atom is -0.381 e. The molecule has 3 heteroatoms. The predicted molar refractivity (Wildman–Crippen MR) is 83.5 cm³/mol. The number of hydrogen-bond donors (Lipinski definition) is 1. The Labute approximate surface area is 124 Å². The fourth-order valence-electron chi connectivity index (χ4n) is 2.62. The molecular weight excluding hydrogens is 270 g/mol. The van der Waals surface area contributed by atoms with Crippen molar-refractivity contribution in [3.05, 3.63) is 64.2 Å². The number of halogens is 1. The van der Waals surface area contributed by atoms with Crippen molar-refractivity contribution in [2.24, 2.45) is 0 Å². The topological polar surface area (TPSA) is 21.3 Å². The molecule has 0 aromatic heterocycles. The molecule has 2 aromatic carbocycles. The van der Waals surface area contributed by atoms with Crippen molar-refractivity contribution in [1.29, 1.82) is 0 Å². The van der Waals surface area contributed by atoms with Crippen LogP contribution in [0.4, 0.5) is 5.69 Å². The third-order valence-corrected chi connectivity index (χ3v) is 4.02. The largest absolute Gasteiger partial charge is 0.381 e. The summed E-state index contributed by atoms with van der Waals surface area (Å²) in [6.07, 6.45) is 1.09. The van der Waals surface area contributed by atoms with Crippen LogP contribution in [0, 0.1) is 6.92 Å². The fraction of sp³-hybridized carbons (Fsp3) is 0.294. The summed E-state index contributed by atoms with van der Waals surface area (Å²) < 4.78 is 5.89. The van der Waals surface area contributed by atoms with Gasteiger partial charge in [-0.15, -0.1) is 0 Å². The van der Waals surface area contributed by atoms with E-state index in [2.05, 4.69) is 42.6 Å². The maximum atomic E-state index is 6.21. The third-order valence-electron chi connectivity index (χ3n) is 3.69. The van der Waals surface area contributed by atoms with Crippen molar-refractivity contribution in [1.82, 2.24) is 0 Å². The van der Waals surface area contributed by atoms with Crippen molar-refractivity contribution < 1.29 is 4.74 Å². The molecule has 0 amide bonds. The number of ether oxygens (including phenoxy) is 1. The molecule has 0 spiro atoms. The predicted octanol–water partition coefficient (Wildman–Crippen LogP) is 4.37. The number of benzene rings is 2. The molecule has 1 atom stereocenters. The Hall–Kier alpha value is -1.51. The molecule has 0 radical (unpaired) electrons. The lowest BCUT2D eigenvalue weighted by atomic mass is 9.97. The fourth-order valence-corrected chi connectivity index (χ4v) is 2.81. The van der Waals surface area contributed by atoms with Crippen LogP contribution in [0.2, 0.25) is 5.02 Å². The molecule has 20 heavy (non-hydrogen) atoms. The average molecular weight is 288 g/mol. The first-order valence-electron chi connectivity index (χ1n) is 6.93. The second-order valence-electron chi connectivity index (χ2n) is 5.17. The van der Waals surface area contributed by atoms with Crippen LogP contribution >= 0.6 is 11.6 Å². The van der Waals surface area contributed by atoms with Gasteiger partial charge in [-0.1, -0.05) is 41.9 Å². The number of fused-ring (bicyclic) bond motifs is 1. The third kappa shape index (κ3) is 2.82. The van der Waals surface area contributed by atoms with Gasteiger partial charge in [0.25, 0.3) is 0 Å². The second-order valence-corrected chi connectivity index (χ2v) is 5.58. The summed E-state index contributed by atoms with van der Waals surface area (Å²) in [6, 6.07) is 14.5. The zero-order valence-electron chi connectivity index (χ0n) is 11.5. The van der Waals surface area contributed by atoms with E-state index in [1.807, 2.05) is 12.1 Å². The summed E-state index contributed by atoms with van der Waals surface area (Å²) in [5.41, 5.74) is 4.84. The monoisotopic (exact) mass is 287 g/mol. The van der Waals surface area contributed by atoms with Gasteiger partial charge in [0.2, 0.25) is 0 Å². The number of aryl methyl sites for hydroxylation is 1. The molecule has 104 valence electrons. The van der Waals surface area contributed by atoms with Crippen molar-refractivity contribution in [2.45, 2.75) is 19.4 Å². The Morgan fingerprint density at radius 2 is 2.10 bits per heavy atom. The highest BCUT2D eigenvalue weighted by Gasteiger charge is 2.20. The van der Waals surface area contributed by atoms with Gasteiger partial charge < -0.3 is 10.1 Å². The normalized spacial score (nSPS) is 17.6. The maximum Gasteiger partial charge on any atom is 0.0999 e. The van der Waals surface area contributed by atoms with E-state index in [-0.39, 0.29) is 6.10 Å². The Bertz CT molecular complexity index is 612. The first kappa shape index (κ1) is 13.5. The first-order chi connectivity index (χ1) is 9.74. The van der Waals surface area contributed by atoms with E-state index >= 15 is 0 Å². The summed E-state index contributed by atoms with van der Waals surface area (Å²) in [5.74, 6) is 0. The molecular formula is C17H18ClNO. The van der Waals surface area contributed by atoms with Crippen LogP contribution < -0.4 is 5.32 Å². The van der Waals surface area contributed by atoms with Crippen LogP contribution in [0.15, 0.2) is 42.5 Å². The Kier molecular flexibility index (Phi) is 3.95. The number of nitrogens with one attached hydrogen (secondary N) is 1. The second kappa shape index (κ2) is 5.86. The van der Waals surface area contributed by atoms with Gasteiger partial charge in [-0.3, -0.25) is 0 Å². The molecule has 0 bridgehead atoms. The van der Waals surface area contributed by atoms with Crippen molar-refractivity contribution in [2.75, 3.05) is 18.5 Å². The van der Waals surface area contributed by atoms with Gasteiger partial charge in [-0.05, 0) is 42.2 Å². The minimum atomic E-state index is 0.0940. The van der Waals surface area contributed by atoms with Crippen LogP contribution in [-0.2, 0) is 11.2 Å². The van der Waals surface area contributed by atoms with Crippen LogP contribution in [0.1, 0.15) is 22.8 Å². The van der Waals surface area contributed by atoms with Gasteiger partial charge in [-0.25, -0.2) is 0 Å². The highest BCUT2D eigenvalue weighted by Crippen LogP contribution is 2.29. The van der Waals surface area contributed by atoms with Crippen molar-refractivity contribution >= 4 is 17.3 Å². The van der Waals surface area contributed by atoms with E-state index in [1.54, 1.807) is 0 Å². The summed E-state index contributed by atoms with van der Waals surface area (Å²) in [7, 11) is 0. The molecule has 0 saturated heterocycles. The van der Waals surface area contributed by atoms with Crippen LogP contribution in [0.3, 0.4) is 0 Å². The highest BCUT2D eigenvalue weighted by atomic mass is 35.5. The summed E-state index contributed by atoms with van der Waals surface area (Å²) in [5, 5.41) is 4.16. The molecule has 1 heterocycles. The van der Waals surface area contributed by atoms with Gasteiger partial charge in [0, 0.05) is 6.54 Å². The molecule has 0 fully saturated rings. The Morgan fingerprint density at radius 1 is 1.25 bits per heavy atom. The molecule has 2 nitrogen and oxygen atoms in total.